The number of hydrazone groups is 1. The normalized spacial score (nSPS) is 12.5. The van der Waals surface area contributed by atoms with Crippen molar-refractivity contribution < 1.29 is 23.8 Å². The van der Waals surface area contributed by atoms with Crippen molar-refractivity contribution >= 4 is 28.9 Å². The van der Waals surface area contributed by atoms with Crippen molar-refractivity contribution in [3.8, 4) is 5.75 Å². The third-order valence-corrected chi connectivity index (χ3v) is 4.20. The number of carboxylic acids is 1. The van der Waals surface area contributed by atoms with Crippen LogP contribution in [-0.2, 0) is 4.79 Å². The van der Waals surface area contributed by atoms with Crippen molar-refractivity contribution in [2.45, 2.75) is 20.0 Å². The summed E-state index contributed by atoms with van der Waals surface area (Å²) in [4.78, 5) is 23.6. The van der Waals surface area contributed by atoms with Crippen LogP contribution in [0.15, 0.2) is 41.5 Å². The van der Waals surface area contributed by atoms with E-state index in [-0.39, 0.29) is 10.6 Å². The second-order valence-corrected chi connectivity index (χ2v) is 5.92. The Kier molecular flexibility index (Phi) is 5.64. The Morgan fingerprint density at radius 2 is 1.92 bits per heavy atom. The number of halogens is 1. The molecule has 0 saturated heterocycles. The molecule has 2 N–H and O–H groups in total. The molecular weight excluding hydrogens is 335 g/mol. The molecule has 0 aliphatic rings. The molecule has 1 aromatic carbocycles. The van der Waals surface area contributed by atoms with Gasteiger partial charge in [0.25, 0.3) is 5.91 Å². The lowest BCUT2D eigenvalue weighted by Gasteiger charge is -2.13. The number of carboxylic acid groups (broad SMARTS) is 1. The Bertz CT molecular complexity index is 788. The summed E-state index contributed by atoms with van der Waals surface area (Å²) in [5, 5.41) is 12.8. The molecule has 0 radical (unpaired) electrons. The lowest BCUT2D eigenvalue weighted by Crippen LogP contribution is -2.34. The fraction of sp³-hybridized carbons (Fsp3) is 0.188. The number of carbonyl (C=O) groups excluding carboxylic acids is 1. The number of carbonyl (C=O) groups is 2. The maximum absolute atomic E-state index is 13.5. The first-order valence-electron chi connectivity index (χ1n) is 6.97. The third kappa shape index (κ3) is 4.39. The van der Waals surface area contributed by atoms with E-state index in [2.05, 4.69) is 10.5 Å². The molecule has 0 aliphatic carbocycles. The van der Waals surface area contributed by atoms with Crippen LogP contribution in [0.5, 0.6) is 5.75 Å². The maximum Gasteiger partial charge on any atom is 0.345 e. The number of hydrogen-bond donors (Lipinski definition) is 2. The van der Waals surface area contributed by atoms with Gasteiger partial charge in [-0.1, -0.05) is 12.1 Å². The van der Waals surface area contributed by atoms with Gasteiger partial charge in [-0.05, 0) is 38.1 Å². The van der Waals surface area contributed by atoms with Crippen molar-refractivity contribution in [1.82, 2.24) is 5.43 Å². The first-order chi connectivity index (χ1) is 11.4. The highest BCUT2D eigenvalue weighted by Gasteiger charge is 2.16. The van der Waals surface area contributed by atoms with E-state index in [1.807, 2.05) is 0 Å². The zero-order valence-electron chi connectivity index (χ0n) is 12.9. The van der Waals surface area contributed by atoms with Crippen LogP contribution in [0.4, 0.5) is 4.39 Å². The maximum atomic E-state index is 13.5. The summed E-state index contributed by atoms with van der Waals surface area (Å²) in [6.07, 6.45) is -0.948. The van der Waals surface area contributed by atoms with Gasteiger partial charge < -0.3 is 9.84 Å². The number of para-hydroxylation sites is 1. The molecule has 2 rings (SSSR count). The van der Waals surface area contributed by atoms with Gasteiger partial charge in [-0.2, -0.15) is 5.10 Å². The van der Waals surface area contributed by atoms with Gasteiger partial charge in [-0.25, -0.2) is 14.6 Å². The van der Waals surface area contributed by atoms with Crippen LogP contribution in [0.2, 0.25) is 0 Å². The van der Waals surface area contributed by atoms with E-state index in [1.54, 1.807) is 19.1 Å². The average molecular weight is 350 g/mol. The number of thiophene rings is 1. The molecule has 0 unspecified atom stereocenters. The Balaban J connectivity index is 1.97. The lowest BCUT2D eigenvalue weighted by atomic mass is 10.3. The summed E-state index contributed by atoms with van der Waals surface area (Å²) in [6, 6.07) is 8.85. The zero-order chi connectivity index (χ0) is 17.7. The van der Waals surface area contributed by atoms with E-state index in [4.69, 9.17) is 9.84 Å². The molecule has 1 aromatic heterocycles. The van der Waals surface area contributed by atoms with E-state index in [0.29, 0.717) is 10.6 Å². The molecule has 2 aromatic rings. The second kappa shape index (κ2) is 7.69. The van der Waals surface area contributed by atoms with Crippen molar-refractivity contribution in [1.29, 1.82) is 0 Å². The van der Waals surface area contributed by atoms with E-state index in [0.717, 1.165) is 11.3 Å². The van der Waals surface area contributed by atoms with Crippen LogP contribution in [0, 0.1) is 5.82 Å². The van der Waals surface area contributed by atoms with Gasteiger partial charge in [0.05, 0.1) is 10.6 Å². The van der Waals surface area contributed by atoms with Gasteiger partial charge in [-0.3, -0.25) is 4.79 Å². The third-order valence-electron chi connectivity index (χ3n) is 3.02. The van der Waals surface area contributed by atoms with Gasteiger partial charge >= 0.3 is 5.97 Å². The minimum Gasteiger partial charge on any atom is -0.478 e. The first kappa shape index (κ1) is 17.6. The summed E-state index contributed by atoms with van der Waals surface area (Å²) in [5.74, 6) is -2.15. The van der Waals surface area contributed by atoms with Crippen LogP contribution in [0.3, 0.4) is 0 Å². The molecular formula is C16H15FN2O4S. The Hall–Kier alpha value is -2.74. The van der Waals surface area contributed by atoms with E-state index in [9.17, 15) is 14.0 Å². The predicted octanol–water partition coefficient (Wildman–Crippen LogP) is 2.89. The number of nitrogens with one attached hydrogen (secondary N) is 1. The van der Waals surface area contributed by atoms with Crippen molar-refractivity contribution in [2.24, 2.45) is 5.10 Å². The van der Waals surface area contributed by atoms with Crippen LogP contribution in [0.1, 0.15) is 28.4 Å². The van der Waals surface area contributed by atoms with Gasteiger partial charge in [0.2, 0.25) is 0 Å². The van der Waals surface area contributed by atoms with Crippen LogP contribution in [0.25, 0.3) is 0 Å². The fourth-order valence-electron chi connectivity index (χ4n) is 1.72. The Morgan fingerprint density at radius 3 is 2.54 bits per heavy atom. The van der Waals surface area contributed by atoms with Gasteiger partial charge in [0.1, 0.15) is 4.88 Å². The largest absolute Gasteiger partial charge is 0.478 e. The van der Waals surface area contributed by atoms with E-state index < -0.39 is 23.8 Å². The van der Waals surface area contributed by atoms with Crippen molar-refractivity contribution in [3.63, 3.8) is 0 Å². The summed E-state index contributed by atoms with van der Waals surface area (Å²) in [7, 11) is 0. The number of hydrogen-bond acceptors (Lipinski definition) is 5. The minimum absolute atomic E-state index is 0.0230. The quantitative estimate of drug-likeness (QED) is 0.619. The highest BCUT2D eigenvalue weighted by atomic mass is 32.1. The van der Waals surface area contributed by atoms with Gasteiger partial charge in [0, 0.05) is 0 Å². The van der Waals surface area contributed by atoms with Crippen LogP contribution in [-0.4, -0.2) is 28.8 Å². The van der Waals surface area contributed by atoms with E-state index >= 15 is 0 Å². The number of rotatable bonds is 6. The molecule has 0 aliphatic heterocycles. The molecule has 1 heterocycles. The number of aromatic carboxylic acids is 1. The molecule has 0 bridgehead atoms. The summed E-state index contributed by atoms with van der Waals surface area (Å²) in [6.45, 7) is 3.11. The summed E-state index contributed by atoms with van der Waals surface area (Å²) < 4.78 is 18.7. The number of benzene rings is 1. The smallest absolute Gasteiger partial charge is 0.345 e. The molecule has 1 amide bonds. The summed E-state index contributed by atoms with van der Waals surface area (Å²) >= 11 is 1.05. The number of ether oxygens (including phenoxy) is 1. The average Bonchev–Trinajstić information content (AvgIpc) is 3.04. The topological polar surface area (TPSA) is 88.0 Å². The molecule has 24 heavy (non-hydrogen) atoms. The molecule has 0 spiro atoms. The van der Waals surface area contributed by atoms with Gasteiger partial charge in [-0.15, -0.1) is 11.3 Å². The minimum atomic E-state index is -1.02. The van der Waals surface area contributed by atoms with Crippen molar-refractivity contribution in [3.05, 3.63) is 52.0 Å². The number of nitrogens with zero attached hydrogens (tertiary/aromatic N) is 1. The highest BCUT2D eigenvalue weighted by molar-refractivity contribution is 7.15. The molecule has 126 valence electrons. The lowest BCUT2D eigenvalue weighted by molar-refractivity contribution is -0.127. The van der Waals surface area contributed by atoms with Gasteiger partial charge in [0.15, 0.2) is 17.7 Å². The first-order valence-corrected chi connectivity index (χ1v) is 7.79. The molecule has 1 atom stereocenters. The SMILES string of the molecule is C/C(=N/NC(=O)[C@H](C)Oc1ccccc1F)c1ccc(C(=O)O)s1. The molecule has 6 nitrogen and oxygen atoms in total. The predicted molar refractivity (Wildman–Crippen MR) is 88.1 cm³/mol. The molecule has 8 heteroatoms. The highest BCUT2D eigenvalue weighted by Crippen LogP contribution is 2.18. The van der Waals surface area contributed by atoms with Crippen molar-refractivity contribution in [2.75, 3.05) is 0 Å². The monoisotopic (exact) mass is 350 g/mol. The fourth-order valence-corrected chi connectivity index (χ4v) is 2.51. The second-order valence-electron chi connectivity index (χ2n) is 4.83. The molecule has 0 fully saturated rings. The Morgan fingerprint density at radius 1 is 1.25 bits per heavy atom. The zero-order valence-corrected chi connectivity index (χ0v) is 13.8. The number of amides is 1. The Labute approximate surface area is 141 Å². The molecule has 0 saturated carbocycles. The summed E-state index contributed by atoms with van der Waals surface area (Å²) in [5.41, 5.74) is 2.78. The van der Waals surface area contributed by atoms with Crippen LogP contribution >= 0.6 is 11.3 Å². The van der Waals surface area contributed by atoms with E-state index in [1.165, 1.54) is 31.2 Å². The van der Waals surface area contributed by atoms with Crippen LogP contribution < -0.4 is 10.2 Å². The standard InChI is InChI=1S/C16H15FN2O4S/c1-9(13-7-8-14(24-13)16(21)22)18-19-15(20)10(2)23-12-6-4-3-5-11(12)17/h3-8,10H,1-2H3,(H,19,20)(H,21,22)/b18-9-/t10-/m0/s1.